The third-order valence-electron chi connectivity index (χ3n) is 9.32. The summed E-state index contributed by atoms with van der Waals surface area (Å²) in [4.78, 5) is 20.5. The fourth-order valence-corrected chi connectivity index (χ4v) is 9.00. The van der Waals surface area contributed by atoms with Crippen LogP contribution in [0.4, 0.5) is 0 Å². The highest BCUT2D eigenvalue weighted by Gasteiger charge is 2.12. The van der Waals surface area contributed by atoms with Crippen LogP contribution in [0.15, 0.2) is 213 Å². The Bertz CT molecular complexity index is 2570. The molecular weight excluding hydrogens is 1090 g/mol. The molecular formula is C49H37B2Br4N5O2P2. The van der Waals surface area contributed by atoms with Gasteiger partial charge in [-0.2, -0.15) is 8.09 Å². The Morgan fingerprint density at radius 1 is 0.375 bits per heavy atom. The third kappa shape index (κ3) is 14.7. The van der Waals surface area contributed by atoms with E-state index in [0.717, 1.165) is 73.5 Å². The molecule has 15 heteroatoms. The first-order valence-corrected chi connectivity index (χ1v) is 25.1. The van der Waals surface area contributed by atoms with Crippen LogP contribution in [0.5, 0.6) is 0 Å². The highest BCUT2D eigenvalue weighted by molar-refractivity contribution is 9.11. The average Bonchev–Trinajstić information content (AvgIpc) is 3.32. The van der Waals surface area contributed by atoms with E-state index < -0.39 is 15.2 Å². The zero-order chi connectivity index (χ0) is 46.1. The van der Waals surface area contributed by atoms with Crippen LogP contribution in [0, 0.1) is 0 Å². The van der Waals surface area contributed by atoms with E-state index >= 15 is 0 Å². The van der Waals surface area contributed by atoms with Gasteiger partial charge < -0.3 is 10.0 Å². The molecule has 0 aliphatic heterocycles. The maximum atomic E-state index is 8.55. The Labute approximate surface area is 413 Å². The highest BCUT2D eigenvalue weighted by atomic mass is 79.9. The van der Waals surface area contributed by atoms with Gasteiger partial charge in [0.05, 0.1) is 1.28 Å². The number of hydrogen-bond acceptors (Lipinski definition) is 7. The number of aromatic nitrogens is 5. The van der Waals surface area contributed by atoms with Gasteiger partial charge in [-0.25, -0.2) is 0 Å². The molecule has 0 saturated heterocycles. The molecule has 4 aromatic carbocycles. The lowest BCUT2D eigenvalue weighted by molar-refractivity contribution is 0.425. The van der Waals surface area contributed by atoms with Crippen molar-refractivity contribution >= 4 is 101 Å². The first-order valence-electron chi connectivity index (χ1n) is 19.8. The van der Waals surface area contributed by atoms with Gasteiger partial charge in [0.25, 0.3) is 0 Å². The molecule has 0 spiro atoms. The standard InChI is InChI=1S/C32H22N4.C12H6Br4.C5H6BNO2.BH3P2/c1-9-33-10-2-23(1)27-17-28(24-3-11-34-12-4-24)20-31(19-27)32-21-29(25-5-13-35-14-6-25)18-30(22-32)26-7-15-36-16-8-26;13-9-1-7(2-10(14)5-9)8-3-11(15)6-12(16)4-8;8-6(9)5-1-3-7-4-2-5;1-3-2/h1-22H;1-6H;1-4,8-9H;3H,2H2/i;;;3T. The van der Waals surface area contributed by atoms with E-state index in [1.165, 1.54) is 23.5 Å². The van der Waals surface area contributed by atoms with Gasteiger partial charge in [0.1, 0.15) is 7.57 Å². The van der Waals surface area contributed by atoms with E-state index in [4.69, 9.17) is 18.9 Å². The Morgan fingerprint density at radius 2 is 0.562 bits per heavy atom. The molecule has 314 valence electrons. The van der Waals surface area contributed by atoms with Gasteiger partial charge in [0.2, 0.25) is 0 Å². The minimum Gasteiger partial charge on any atom is -0.423 e. The summed E-state index contributed by atoms with van der Waals surface area (Å²) >= 11 is 14.0. The number of hydrogen-bond donors (Lipinski definition) is 2. The van der Waals surface area contributed by atoms with Crippen LogP contribution in [0.2, 0.25) is 0 Å². The van der Waals surface area contributed by atoms with Crippen molar-refractivity contribution in [1.29, 1.82) is 1.28 Å². The molecule has 0 saturated carbocycles. The second-order valence-corrected chi connectivity index (χ2v) is 18.5. The summed E-state index contributed by atoms with van der Waals surface area (Å²) in [5, 5.41) is 17.1. The van der Waals surface area contributed by atoms with E-state index in [-0.39, 0.29) is 0 Å². The average molecular weight is 1130 g/mol. The van der Waals surface area contributed by atoms with E-state index in [9.17, 15) is 0 Å². The van der Waals surface area contributed by atoms with Crippen molar-refractivity contribution in [2.45, 2.75) is 0 Å². The molecule has 2 radical (unpaired) electrons. The van der Waals surface area contributed by atoms with E-state index in [2.05, 4.69) is 158 Å². The molecule has 9 rings (SSSR count). The van der Waals surface area contributed by atoms with Crippen molar-refractivity contribution in [3.05, 3.63) is 213 Å². The smallest absolute Gasteiger partial charge is 0.423 e. The summed E-state index contributed by atoms with van der Waals surface area (Å²) in [6, 6.07) is 45.4. The van der Waals surface area contributed by atoms with E-state index in [1.807, 2.05) is 110 Å². The van der Waals surface area contributed by atoms with Gasteiger partial charge in [0.15, 0.2) is 0 Å². The maximum absolute atomic E-state index is 8.55. The van der Waals surface area contributed by atoms with Gasteiger partial charge in [-0.05, 0) is 206 Å². The van der Waals surface area contributed by atoms with E-state index in [0.29, 0.717) is 5.46 Å². The SMILES string of the molecule is Brc1cc(Br)cc(-c2cc(Br)cc(Br)c2)c1.OB(O)c1ccncc1.[3H]P([B])P.c1cc(-c2cc(-c3ccncc3)cc(-c3cc(-c4ccncc4)cc(-c4ccncc4)c3)c2)ccn1. The quantitative estimate of drug-likeness (QED) is 0.121. The predicted octanol–water partition coefficient (Wildman–Crippen LogP) is 13.3. The fraction of sp³-hybridized carbons (Fsp3) is 0. The van der Waals surface area contributed by atoms with Crippen LogP contribution < -0.4 is 5.46 Å². The Morgan fingerprint density at radius 3 is 0.766 bits per heavy atom. The monoisotopic (exact) mass is 1130 g/mol. The Kier molecular flexibility index (Phi) is 18.7. The molecule has 5 heterocycles. The van der Waals surface area contributed by atoms with Crippen LogP contribution in [0.25, 0.3) is 66.8 Å². The minimum absolute atomic E-state index is 0.463. The maximum Gasteiger partial charge on any atom is 0.488 e. The van der Waals surface area contributed by atoms with Crippen LogP contribution in [0.3, 0.4) is 0 Å². The topological polar surface area (TPSA) is 105 Å². The number of pyridine rings is 5. The molecule has 0 aliphatic carbocycles. The van der Waals surface area contributed by atoms with Crippen LogP contribution in [-0.4, -0.2) is 50.9 Å². The van der Waals surface area contributed by atoms with Gasteiger partial charge in [-0.3, -0.25) is 24.9 Å². The summed E-state index contributed by atoms with van der Waals surface area (Å²) in [6.07, 6.45) is 17.7. The summed E-state index contributed by atoms with van der Waals surface area (Å²) in [7, 11) is 4.64. The lowest BCUT2D eigenvalue weighted by Gasteiger charge is -2.14. The number of nitrogens with zero attached hydrogens (tertiary/aromatic N) is 5. The number of benzene rings is 4. The van der Waals surface area contributed by atoms with Crippen LogP contribution in [-0.2, 0) is 0 Å². The van der Waals surface area contributed by atoms with Gasteiger partial charge in [-0.1, -0.05) is 63.7 Å². The van der Waals surface area contributed by atoms with E-state index in [1.54, 1.807) is 12.1 Å². The van der Waals surface area contributed by atoms with Gasteiger partial charge in [-0.15, -0.1) is 8.93 Å². The number of rotatable bonds is 7. The second-order valence-electron chi connectivity index (χ2n) is 13.7. The van der Waals surface area contributed by atoms with Crippen molar-refractivity contribution in [3.8, 4) is 66.8 Å². The molecule has 9 aromatic rings. The first-order chi connectivity index (χ1) is 31.4. The Balaban J connectivity index is 0.000000197. The molecule has 5 aromatic heterocycles. The molecule has 2 atom stereocenters. The second kappa shape index (κ2) is 25.2. The molecule has 7 nitrogen and oxygen atoms in total. The largest absolute Gasteiger partial charge is 0.488 e. The Hall–Kier alpha value is -4.54. The third-order valence-corrected chi connectivity index (χ3v) is 11.1. The molecule has 64 heavy (non-hydrogen) atoms. The number of halogens is 4. The summed E-state index contributed by atoms with van der Waals surface area (Å²) in [6.45, 7) is 0. The molecule has 0 amide bonds. The van der Waals surface area contributed by atoms with Crippen LogP contribution >= 0.6 is 80.7 Å². The van der Waals surface area contributed by atoms with Crippen LogP contribution in [0.1, 0.15) is 0 Å². The lowest BCUT2D eigenvalue weighted by Crippen LogP contribution is -2.29. The zero-order valence-corrected chi connectivity index (χ0v) is 42.2. The normalized spacial score (nSPS) is 11.0. The predicted molar refractivity (Wildman–Crippen MR) is 285 cm³/mol. The molecule has 0 aliphatic rings. The molecule has 0 bridgehead atoms. The summed E-state index contributed by atoms with van der Waals surface area (Å²) < 4.78 is 10.6. The summed E-state index contributed by atoms with van der Waals surface area (Å²) in [5.41, 5.74) is 14.2. The summed E-state index contributed by atoms with van der Waals surface area (Å²) in [5.74, 6) is 0. The van der Waals surface area contributed by atoms with Crippen molar-refractivity contribution < 1.29 is 10.0 Å². The lowest BCUT2D eigenvalue weighted by atomic mass is 9.81. The van der Waals surface area contributed by atoms with Crippen molar-refractivity contribution in [3.63, 3.8) is 0 Å². The molecule has 2 N–H and O–H groups in total. The first kappa shape index (κ1) is 47.4. The van der Waals surface area contributed by atoms with Gasteiger partial charge >= 0.3 is 7.12 Å². The van der Waals surface area contributed by atoms with Gasteiger partial charge in [0, 0.05) is 79.9 Å². The van der Waals surface area contributed by atoms with Crippen molar-refractivity contribution in [2.75, 3.05) is 0 Å². The highest BCUT2D eigenvalue weighted by Crippen LogP contribution is 2.37. The molecule has 0 fully saturated rings. The fourth-order valence-electron chi connectivity index (χ4n) is 6.41. The van der Waals surface area contributed by atoms with Crippen molar-refractivity contribution in [2.24, 2.45) is 0 Å². The zero-order valence-electron chi connectivity index (χ0n) is 34.8. The van der Waals surface area contributed by atoms with Crippen molar-refractivity contribution in [1.82, 2.24) is 24.9 Å². The molecule has 2 unspecified atom stereocenters. The minimum atomic E-state index is -1.38.